The van der Waals surface area contributed by atoms with Gasteiger partial charge in [-0.1, -0.05) is 24.3 Å². The zero-order valence-corrected chi connectivity index (χ0v) is 21.0. The van der Waals surface area contributed by atoms with Crippen molar-refractivity contribution in [1.82, 2.24) is 15.5 Å². The minimum Gasteiger partial charge on any atom is -0.489 e. The van der Waals surface area contributed by atoms with Gasteiger partial charge in [0.05, 0.1) is 6.54 Å². The maximum absolute atomic E-state index is 13.0. The number of rotatable bonds is 9. The molecule has 6 nitrogen and oxygen atoms in total. The van der Waals surface area contributed by atoms with Crippen LogP contribution in [0.4, 0.5) is 4.39 Å². The van der Waals surface area contributed by atoms with E-state index >= 15 is 0 Å². The van der Waals surface area contributed by atoms with Crippen molar-refractivity contribution in [3.8, 4) is 5.75 Å². The van der Waals surface area contributed by atoms with Crippen LogP contribution in [0, 0.1) is 5.82 Å². The molecule has 0 bridgehead atoms. The van der Waals surface area contributed by atoms with Crippen molar-refractivity contribution in [3.63, 3.8) is 0 Å². The first-order valence-electron chi connectivity index (χ1n) is 10.8. The summed E-state index contributed by atoms with van der Waals surface area (Å²) in [4.78, 5) is 19.0. The number of guanidine groups is 1. The zero-order chi connectivity index (χ0) is 22.1. The maximum Gasteiger partial charge on any atom is 0.223 e. The molecule has 1 unspecified atom stereocenters. The van der Waals surface area contributed by atoms with Gasteiger partial charge in [0, 0.05) is 32.6 Å². The molecule has 174 valence electrons. The van der Waals surface area contributed by atoms with Gasteiger partial charge in [0.25, 0.3) is 0 Å². The molecular formula is C24H32FIN4O2. The number of hydrogen-bond acceptors (Lipinski definition) is 3. The minimum atomic E-state index is -0.288. The fourth-order valence-corrected chi connectivity index (χ4v) is 3.46. The predicted molar refractivity (Wildman–Crippen MR) is 136 cm³/mol. The molecule has 8 heteroatoms. The Kier molecular flexibility index (Phi) is 10.7. The number of carbonyl (C=O) groups excluding carboxylic acids is 1. The number of benzene rings is 2. The van der Waals surface area contributed by atoms with Crippen molar-refractivity contribution in [2.24, 2.45) is 4.99 Å². The molecule has 0 aromatic heterocycles. The van der Waals surface area contributed by atoms with Gasteiger partial charge >= 0.3 is 0 Å². The molecule has 2 aromatic rings. The monoisotopic (exact) mass is 554 g/mol. The highest BCUT2D eigenvalue weighted by Crippen LogP contribution is 2.22. The van der Waals surface area contributed by atoms with E-state index in [0.29, 0.717) is 44.3 Å². The molecule has 1 aliphatic heterocycles. The number of fused-ring (bicyclic) bond motifs is 1. The van der Waals surface area contributed by atoms with Crippen LogP contribution in [0.3, 0.4) is 0 Å². The summed E-state index contributed by atoms with van der Waals surface area (Å²) in [6, 6.07) is 14.2. The molecule has 1 atom stereocenters. The molecule has 0 radical (unpaired) electrons. The number of amides is 1. The lowest BCUT2D eigenvalue weighted by molar-refractivity contribution is -0.131. The SMILES string of the molecule is CCNC(=NCC(C)Oc1ccc(F)cc1)NCCCC(=O)N1Cc2ccccc2C1.I. The van der Waals surface area contributed by atoms with E-state index < -0.39 is 0 Å². The lowest BCUT2D eigenvalue weighted by Crippen LogP contribution is -2.39. The molecule has 3 rings (SSSR count). The fraction of sp³-hybridized carbons (Fsp3) is 0.417. The average molecular weight is 554 g/mol. The third-order valence-corrected chi connectivity index (χ3v) is 5.06. The van der Waals surface area contributed by atoms with E-state index in [4.69, 9.17) is 4.74 Å². The molecule has 32 heavy (non-hydrogen) atoms. The van der Waals surface area contributed by atoms with E-state index in [1.807, 2.05) is 30.9 Å². The number of nitrogens with zero attached hydrogens (tertiary/aromatic N) is 2. The summed E-state index contributed by atoms with van der Waals surface area (Å²) in [5.74, 6) is 1.20. The summed E-state index contributed by atoms with van der Waals surface area (Å²) < 4.78 is 18.8. The quantitative estimate of drug-likeness (QED) is 0.212. The molecule has 1 amide bonds. The van der Waals surface area contributed by atoms with E-state index in [1.54, 1.807) is 12.1 Å². The number of ether oxygens (including phenoxy) is 1. The van der Waals surface area contributed by atoms with Gasteiger partial charge in [-0.2, -0.15) is 0 Å². The number of hydrogen-bond donors (Lipinski definition) is 2. The van der Waals surface area contributed by atoms with E-state index in [0.717, 1.165) is 13.0 Å². The normalized spacial score (nSPS) is 13.7. The Morgan fingerprint density at radius 2 is 1.78 bits per heavy atom. The zero-order valence-electron chi connectivity index (χ0n) is 18.6. The van der Waals surface area contributed by atoms with Crippen molar-refractivity contribution in [3.05, 3.63) is 65.5 Å². The summed E-state index contributed by atoms with van der Waals surface area (Å²) in [6.45, 7) is 7.19. The first-order chi connectivity index (χ1) is 15.0. The van der Waals surface area contributed by atoms with Gasteiger partial charge in [-0.05, 0) is 55.7 Å². The Morgan fingerprint density at radius 3 is 2.41 bits per heavy atom. The predicted octanol–water partition coefficient (Wildman–Crippen LogP) is 4.09. The van der Waals surface area contributed by atoms with E-state index in [9.17, 15) is 9.18 Å². The van der Waals surface area contributed by atoms with Gasteiger partial charge in [0.2, 0.25) is 5.91 Å². The van der Waals surface area contributed by atoms with Gasteiger partial charge in [0.1, 0.15) is 17.7 Å². The standard InChI is InChI=1S/C24H31FN4O2.HI/c1-3-26-24(28-15-18(2)31-22-12-10-21(25)11-13-22)27-14-6-9-23(30)29-16-19-7-4-5-8-20(19)17-29;/h4-5,7-8,10-13,18H,3,6,9,14-17H2,1-2H3,(H2,26,27,28);1H. The van der Waals surface area contributed by atoms with Crippen LogP contribution >= 0.6 is 24.0 Å². The van der Waals surface area contributed by atoms with Crippen molar-refractivity contribution in [1.29, 1.82) is 0 Å². The Hall–Kier alpha value is -2.36. The van der Waals surface area contributed by atoms with Crippen molar-refractivity contribution < 1.29 is 13.9 Å². The number of nitrogens with one attached hydrogen (secondary N) is 2. The van der Waals surface area contributed by atoms with E-state index in [-0.39, 0.29) is 41.8 Å². The van der Waals surface area contributed by atoms with Crippen LogP contribution in [0.5, 0.6) is 5.75 Å². The van der Waals surface area contributed by atoms with Crippen LogP contribution in [-0.2, 0) is 17.9 Å². The van der Waals surface area contributed by atoms with Gasteiger partial charge in [-0.3, -0.25) is 4.79 Å². The number of aliphatic imine (C=N–C) groups is 1. The van der Waals surface area contributed by atoms with Crippen LogP contribution in [0.2, 0.25) is 0 Å². The van der Waals surface area contributed by atoms with Crippen molar-refractivity contribution in [2.45, 2.75) is 45.9 Å². The third-order valence-electron chi connectivity index (χ3n) is 5.06. The molecule has 0 saturated carbocycles. The van der Waals surface area contributed by atoms with Gasteiger partial charge in [0.15, 0.2) is 5.96 Å². The van der Waals surface area contributed by atoms with Crippen LogP contribution < -0.4 is 15.4 Å². The van der Waals surface area contributed by atoms with Crippen LogP contribution in [0.15, 0.2) is 53.5 Å². The second-order valence-corrected chi connectivity index (χ2v) is 7.65. The molecule has 0 saturated heterocycles. The smallest absolute Gasteiger partial charge is 0.223 e. The average Bonchev–Trinajstić information content (AvgIpc) is 3.21. The second kappa shape index (κ2) is 13.2. The first-order valence-corrected chi connectivity index (χ1v) is 10.8. The van der Waals surface area contributed by atoms with Gasteiger partial charge in [-0.15, -0.1) is 24.0 Å². The van der Waals surface area contributed by atoms with Crippen molar-refractivity contribution in [2.75, 3.05) is 19.6 Å². The lowest BCUT2D eigenvalue weighted by atomic mass is 10.1. The molecule has 1 heterocycles. The van der Waals surface area contributed by atoms with Gasteiger partial charge in [-0.25, -0.2) is 9.38 Å². The van der Waals surface area contributed by atoms with Gasteiger partial charge < -0.3 is 20.3 Å². The molecule has 0 fully saturated rings. The highest BCUT2D eigenvalue weighted by molar-refractivity contribution is 14.0. The molecule has 2 N–H and O–H groups in total. The van der Waals surface area contributed by atoms with E-state index in [2.05, 4.69) is 27.8 Å². The summed E-state index contributed by atoms with van der Waals surface area (Å²) >= 11 is 0. The molecule has 0 aliphatic carbocycles. The summed E-state index contributed by atoms with van der Waals surface area (Å²) in [7, 11) is 0. The van der Waals surface area contributed by atoms with Crippen LogP contribution in [-0.4, -0.2) is 42.5 Å². The minimum absolute atomic E-state index is 0. The molecule has 1 aliphatic rings. The Balaban J connectivity index is 0.00000363. The summed E-state index contributed by atoms with van der Waals surface area (Å²) in [5.41, 5.74) is 2.49. The Bertz CT molecular complexity index is 867. The lowest BCUT2D eigenvalue weighted by Gasteiger charge is -2.17. The Morgan fingerprint density at radius 1 is 1.12 bits per heavy atom. The van der Waals surface area contributed by atoms with Crippen LogP contribution in [0.1, 0.15) is 37.8 Å². The Labute approximate surface area is 206 Å². The third kappa shape index (κ3) is 7.96. The highest BCUT2D eigenvalue weighted by Gasteiger charge is 2.22. The fourth-order valence-electron chi connectivity index (χ4n) is 3.46. The topological polar surface area (TPSA) is 66.0 Å². The number of carbonyl (C=O) groups is 1. The first kappa shape index (κ1) is 25.9. The maximum atomic E-state index is 13.0. The molecule has 0 spiro atoms. The molecular weight excluding hydrogens is 522 g/mol. The second-order valence-electron chi connectivity index (χ2n) is 7.65. The highest BCUT2D eigenvalue weighted by atomic mass is 127. The summed E-state index contributed by atoms with van der Waals surface area (Å²) in [6.07, 6.45) is 1.08. The van der Waals surface area contributed by atoms with Crippen LogP contribution in [0.25, 0.3) is 0 Å². The largest absolute Gasteiger partial charge is 0.489 e. The summed E-state index contributed by atoms with van der Waals surface area (Å²) in [5, 5.41) is 6.48. The molecule has 2 aromatic carbocycles. The van der Waals surface area contributed by atoms with E-state index in [1.165, 1.54) is 23.3 Å². The van der Waals surface area contributed by atoms with Crippen molar-refractivity contribution >= 4 is 35.8 Å². The number of halogens is 2.